The largest absolute Gasteiger partial charge is 0.489 e. The van der Waals surface area contributed by atoms with Crippen LogP contribution in [0.3, 0.4) is 0 Å². The van der Waals surface area contributed by atoms with E-state index in [0.717, 1.165) is 48.6 Å². The molecule has 0 aromatic carbocycles. The molecule has 38 heavy (non-hydrogen) atoms. The molecule has 4 aromatic rings. The van der Waals surface area contributed by atoms with Crippen LogP contribution in [0.2, 0.25) is 0 Å². The number of nitrogens with zero attached hydrogens (tertiary/aromatic N) is 6. The van der Waals surface area contributed by atoms with Gasteiger partial charge >= 0.3 is 0 Å². The van der Waals surface area contributed by atoms with Gasteiger partial charge in [-0.3, -0.25) is 0 Å². The highest BCUT2D eigenvalue weighted by Gasteiger charge is 2.22. The standard InChI is InChI=1S/C29H28N6O3/c1-29(2,36)11-8-20-14-25(28-22(15-30)17-33-35(28)19-20)21-4-6-26(31-16-21)34-12-9-23(10-13-34)38-24-5-7-27(37-3)32-18-24/h4-7,14,16-19,23,36H,9-10,12-13H2,1-3H3. The third-order valence-corrected chi connectivity index (χ3v) is 6.29. The molecule has 0 unspecified atom stereocenters. The second-order valence-corrected chi connectivity index (χ2v) is 9.66. The molecule has 4 aromatic heterocycles. The van der Waals surface area contributed by atoms with Crippen molar-refractivity contribution in [3.8, 4) is 40.7 Å². The van der Waals surface area contributed by atoms with E-state index in [4.69, 9.17) is 14.5 Å². The van der Waals surface area contributed by atoms with Crippen LogP contribution in [0.5, 0.6) is 11.6 Å². The summed E-state index contributed by atoms with van der Waals surface area (Å²) in [5.41, 5.74) is 2.39. The van der Waals surface area contributed by atoms with Gasteiger partial charge in [-0.1, -0.05) is 11.8 Å². The summed E-state index contributed by atoms with van der Waals surface area (Å²) in [4.78, 5) is 11.2. The van der Waals surface area contributed by atoms with Crippen LogP contribution >= 0.6 is 0 Å². The van der Waals surface area contributed by atoms with Crippen molar-refractivity contribution in [2.45, 2.75) is 38.4 Å². The van der Waals surface area contributed by atoms with Gasteiger partial charge in [0.15, 0.2) is 0 Å². The molecule has 1 aliphatic rings. The zero-order valence-corrected chi connectivity index (χ0v) is 21.5. The van der Waals surface area contributed by atoms with Gasteiger partial charge in [0, 0.05) is 61.1 Å². The Kier molecular flexibility index (Phi) is 6.87. The fourth-order valence-electron chi connectivity index (χ4n) is 4.40. The number of methoxy groups -OCH3 is 1. The average Bonchev–Trinajstić information content (AvgIpc) is 3.35. The molecule has 0 spiro atoms. The lowest BCUT2D eigenvalue weighted by Crippen LogP contribution is -2.38. The van der Waals surface area contributed by atoms with E-state index in [9.17, 15) is 10.4 Å². The molecule has 5 rings (SSSR count). The molecule has 0 atom stereocenters. The maximum Gasteiger partial charge on any atom is 0.213 e. The Labute approximate surface area is 221 Å². The molecule has 1 aliphatic heterocycles. The zero-order chi connectivity index (χ0) is 26.7. The predicted molar refractivity (Wildman–Crippen MR) is 143 cm³/mol. The molecule has 1 saturated heterocycles. The van der Waals surface area contributed by atoms with Gasteiger partial charge in [-0.05, 0) is 38.1 Å². The van der Waals surface area contributed by atoms with Crippen molar-refractivity contribution in [1.82, 2.24) is 19.6 Å². The highest BCUT2D eigenvalue weighted by atomic mass is 16.5. The molecule has 192 valence electrons. The Morgan fingerprint density at radius 3 is 2.53 bits per heavy atom. The highest BCUT2D eigenvalue weighted by Crippen LogP contribution is 2.30. The number of aliphatic hydroxyl groups is 1. The number of nitriles is 1. The van der Waals surface area contributed by atoms with E-state index in [1.807, 2.05) is 30.5 Å². The monoisotopic (exact) mass is 508 g/mol. The lowest BCUT2D eigenvalue weighted by molar-refractivity contribution is 0.143. The quantitative estimate of drug-likeness (QED) is 0.405. The van der Waals surface area contributed by atoms with Crippen molar-refractivity contribution in [3.63, 3.8) is 0 Å². The Morgan fingerprint density at radius 2 is 1.89 bits per heavy atom. The molecule has 1 fully saturated rings. The lowest BCUT2D eigenvalue weighted by atomic mass is 10.0. The molecule has 0 bridgehead atoms. The number of ether oxygens (including phenoxy) is 2. The molecule has 1 N–H and O–H groups in total. The van der Waals surface area contributed by atoms with Gasteiger partial charge in [-0.15, -0.1) is 0 Å². The number of pyridine rings is 3. The fourth-order valence-corrected chi connectivity index (χ4v) is 4.40. The maximum atomic E-state index is 10.0. The number of anilines is 1. The van der Waals surface area contributed by atoms with Crippen molar-refractivity contribution in [2.75, 3.05) is 25.1 Å². The normalized spacial score (nSPS) is 14.0. The van der Waals surface area contributed by atoms with E-state index in [1.165, 1.54) is 0 Å². The van der Waals surface area contributed by atoms with Crippen LogP contribution in [0, 0.1) is 23.2 Å². The van der Waals surface area contributed by atoms with Crippen LogP contribution in [0.1, 0.15) is 37.8 Å². The maximum absolute atomic E-state index is 10.0. The van der Waals surface area contributed by atoms with Gasteiger partial charge in [-0.2, -0.15) is 10.4 Å². The minimum Gasteiger partial charge on any atom is -0.489 e. The van der Waals surface area contributed by atoms with Gasteiger partial charge < -0.3 is 19.5 Å². The third-order valence-electron chi connectivity index (χ3n) is 6.29. The second kappa shape index (κ2) is 10.4. The SMILES string of the molecule is COc1ccc(OC2CCN(c3ccc(-c4cc(C#CC(C)(C)O)cn5ncc(C#N)c45)cn3)CC2)cn1. The Hall–Kier alpha value is -4.60. The number of aromatic nitrogens is 4. The molecule has 9 nitrogen and oxygen atoms in total. The van der Waals surface area contributed by atoms with Crippen molar-refractivity contribution in [3.05, 3.63) is 66.2 Å². The van der Waals surface area contributed by atoms with Crippen LogP contribution in [-0.4, -0.2) is 56.6 Å². The summed E-state index contributed by atoms with van der Waals surface area (Å²) in [6.45, 7) is 4.92. The van der Waals surface area contributed by atoms with Crippen molar-refractivity contribution in [2.24, 2.45) is 0 Å². The summed E-state index contributed by atoms with van der Waals surface area (Å²) in [6.07, 6.45) is 8.67. The number of hydrogen-bond acceptors (Lipinski definition) is 8. The number of piperidine rings is 1. The van der Waals surface area contributed by atoms with E-state index in [0.29, 0.717) is 22.5 Å². The zero-order valence-electron chi connectivity index (χ0n) is 21.5. The molecule has 0 aliphatic carbocycles. The minimum atomic E-state index is -1.12. The molecular weight excluding hydrogens is 480 g/mol. The third kappa shape index (κ3) is 5.54. The number of rotatable bonds is 5. The first-order valence-electron chi connectivity index (χ1n) is 12.4. The Balaban J connectivity index is 1.33. The summed E-state index contributed by atoms with van der Waals surface area (Å²) in [5.74, 6) is 8.04. The van der Waals surface area contributed by atoms with Crippen LogP contribution in [0.15, 0.2) is 55.1 Å². The molecule has 5 heterocycles. The Bertz CT molecular complexity index is 1530. The van der Waals surface area contributed by atoms with Crippen molar-refractivity contribution >= 4 is 11.3 Å². The van der Waals surface area contributed by atoms with Gasteiger partial charge in [0.1, 0.15) is 29.3 Å². The first kappa shape index (κ1) is 25.1. The van der Waals surface area contributed by atoms with Gasteiger partial charge in [0.25, 0.3) is 0 Å². The average molecular weight is 509 g/mol. The van der Waals surface area contributed by atoms with Gasteiger partial charge in [-0.25, -0.2) is 14.5 Å². The number of hydrogen-bond donors (Lipinski definition) is 1. The molecule has 9 heteroatoms. The first-order valence-corrected chi connectivity index (χ1v) is 12.4. The van der Waals surface area contributed by atoms with E-state index >= 15 is 0 Å². The first-order chi connectivity index (χ1) is 18.3. The van der Waals surface area contributed by atoms with E-state index in [1.54, 1.807) is 50.1 Å². The minimum absolute atomic E-state index is 0.119. The van der Waals surface area contributed by atoms with E-state index < -0.39 is 5.60 Å². The van der Waals surface area contributed by atoms with Crippen molar-refractivity contribution in [1.29, 1.82) is 5.26 Å². The second-order valence-electron chi connectivity index (χ2n) is 9.66. The highest BCUT2D eigenvalue weighted by molar-refractivity contribution is 5.85. The molecule has 0 radical (unpaired) electrons. The predicted octanol–water partition coefficient (Wildman–Crippen LogP) is 3.84. The van der Waals surface area contributed by atoms with E-state index in [2.05, 4.69) is 32.9 Å². The number of fused-ring (bicyclic) bond motifs is 1. The van der Waals surface area contributed by atoms with Crippen LogP contribution in [0.4, 0.5) is 5.82 Å². The van der Waals surface area contributed by atoms with Crippen LogP contribution in [-0.2, 0) is 0 Å². The molecule has 0 amide bonds. The summed E-state index contributed by atoms with van der Waals surface area (Å²) < 4.78 is 12.9. The lowest BCUT2D eigenvalue weighted by Gasteiger charge is -2.33. The molecular formula is C29H28N6O3. The van der Waals surface area contributed by atoms with Crippen LogP contribution in [0.25, 0.3) is 16.6 Å². The molecule has 0 saturated carbocycles. The smallest absolute Gasteiger partial charge is 0.213 e. The summed E-state index contributed by atoms with van der Waals surface area (Å²) in [7, 11) is 1.59. The van der Waals surface area contributed by atoms with Gasteiger partial charge in [0.2, 0.25) is 5.88 Å². The van der Waals surface area contributed by atoms with E-state index in [-0.39, 0.29) is 6.10 Å². The Morgan fingerprint density at radius 1 is 1.08 bits per heavy atom. The summed E-state index contributed by atoms with van der Waals surface area (Å²) >= 11 is 0. The topological polar surface area (TPSA) is 109 Å². The summed E-state index contributed by atoms with van der Waals surface area (Å²) in [6, 6.07) is 11.8. The summed E-state index contributed by atoms with van der Waals surface area (Å²) in [5, 5.41) is 24.0. The van der Waals surface area contributed by atoms with Crippen LogP contribution < -0.4 is 14.4 Å². The van der Waals surface area contributed by atoms with Gasteiger partial charge in [0.05, 0.1) is 30.6 Å². The van der Waals surface area contributed by atoms with Crippen molar-refractivity contribution < 1.29 is 14.6 Å². The fraction of sp³-hybridized carbons (Fsp3) is 0.310.